The molecule has 1 atom stereocenters. The molecule has 0 saturated heterocycles. The van der Waals surface area contributed by atoms with Crippen molar-refractivity contribution < 1.29 is 19.0 Å². The van der Waals surface area contributed by atoms with Crippen LogP contribution in [-0.2, 0) is 9.53 Å². The summed E-state index contributed by atoms with van der Waals surface area (Å²) in [4.78, 5) is 11.8. The minimum absolute atomic E-state index is 0.152. The molecule has 0 radical (unpaired) electrons. The lowest BCUT2D eigenvalue weighted by Gasteiger charge is -2.16. The van der Waals surface area contributed by atoms with Crippen molar-refractivity contribution in [3.8, 4) is 11.5 Å². The highest BCUT2D eigenvalue weighted by molar-refractivity contribution is 5.91. The second kappa shape index (κ2) is 5.68. The fraction of sp³-hybridized carbons (Fsp3) is 0.500. The number of anilines is 1. The Bertz CT molecular complexity index is 498. The molecule has 1 heterocycles. The van der Waals surface area contributed by atoms with E-state index in [1.54, 1.807) is 18.2 Å². The summed E-state index contributed by atoms with van der Waals surface area (Å²) in [6, 6.07) is 5.29. The Hall–Kier alpha value is -1.79. The molecule has 1 aliphatic rings. The van der Waals surface area contributed by atoms with E-state index in [1.165, 1.54) is 7.11 Å². The second-order valence-electron chi connectivity index (χ2n) is 5.11. The molecule has 110 valence electrons. The largest absolute Gasteiger partial charge is 0.449 e. The fourth-order valence-electron chi connectivity index (χ4n) is 1.98. The second-order valence-corrected chi connectivity index (χ2v) is 5.11. The maximum absolute atomic E-state index is 11.8. The summed E-state index contributed by atoms with van der Waals surface area (Å²) < 4.78 is 16.3. The van der Waals surface area contributed by atoms with E-state index in [2.05, 4.69) is 5.32 Å². The Labute approximate surface area is 118 Å². The summed E-state index contributed by atoms with van der Waals surface area (Å²) >= 11 is 0. The van der Waals surface area contributed by atoms with Crippen LogP contribution in [0.15, 0.2) is 18.2 Å². The third kappa shape index (κ3) is 3.40. The molecule has 0 bridgehead atoms. The van der Waals surface area contributed by atoms with Crippen molar-refractivity contribution in [2.45, 2.75) is 32.2 Å². The Morgan fingerprint density at radius 3 is 2.75 bits per heavy atom. The Morgan fingerprint density at radius 1 is 1.40 bits per heavy atom. The van der Waals surface area contributed by atoms with Crippen LogP contribution in [0.2, 0.25) is 0 Å². The van der Waals surface area contributed by atoms with Gasteiger partial charge in [-0.3, -0.25) is 4.79 Å². The SMILES string of the molecule is COC(CN)CC(=O)Nc1ccc2c(c1)OC(C)(C)O2. The summed E-state index contributed by atoms with van der Waals surface area (Å²) in [7, 11) is 1.54. The standard InChI is InChI=1S/C14H20N2O4/c1-14(2)19-11-5-4-9(6-12(11)20-14)16-13(17)7-10(8-15)18-3/h4-6,10H,7-8,15H2,1-3H3,(H,16,17). The van der Waals surface area contributed by atoms with E-state index in [-0.39, 0.29) is 18.4 Å². The van der Waals surface area contributed by atoms with Crippen molar-refractivity contribution in [1.82, 2.24) is 0 Å². The molecular weight excluding hydrogens is 260 g/mol. The van der Waals surface area contributed by atoms with E-state index in [9.17, 15) is 4.79 Å². The van der Waals surface area contributed by atoms with Crippen LogP contribution in [0.25, 0.3) is 0 Å². The molecule has 6 heteroatoms. The molecule has 1 amide bonds. The van der Waals surface area contributed by atoms with E-state index in [0.29, 0.717) is 23.7 Å². The van der Waals surface area contributed by atoms with Crippen molar-refractivity contribution in [3.05, 3.63) is 18.2 Å². The number of carbonyl (C=O) groups excluding carboxylic acids is 1. The zero-order valence-corrected chi connectivity index (χ0v) is 11.9. The number of hydrogen-bond acceptors (Lipinski definition) is 5. The topological polar surface area (TPSA) is 82.8 Å². The minimum Gasteiger partial charge on any atom is -0.449 e. The van der Waals surface area contributed by atoms with Gasteiger partial charge in [0.2, 0.25) is 11.7 Å². The van der Waals surface area contributed by atoms with Gasteiger partial charge in [-0.15, -0.1) is 0 Å². The number of fused-ring (bicyclic) bond motifs is 1. The predicted octanol–water partition coefficient (Wildman–Crippen LogP) is 1.50. The molecule has 1 aromatic carbocycles. The van der Waals surface area contributed by atoms with Crippen molar-refractivity contribution >= 4 is 11.6 Å². The van der Waals surface area contributed by atoms with Crippen LogP contribution in [0.1, 0.15) is 20.3 Å². The van der Waals surface area contributed by atoms with Gasteiger partial charge in [0.25, 0.3) is 0 Å². The van der Waals surface area contributed by atoms with Crippen LogP contribution in [0, 0.1) is 0 Å². The van der Waals surface area contributed by atoms with Crippen molar-refractivity contribution in [2.75, 3.05) is 19.0 Å². The summed E-state index contributed by atoms with van der Waals surface area (Å²) in [5.74, 6) is 0.464. The quantitative estimate of drug-likeness (QED) is 0.854. The highest BCUT2D eigenvalue weighted by atomic mass is 16.7. The van der Waals surface area contributed by atoms with Gasteiger partial charge >= 0.3 is 0 Å². The maximum Gasteiger partial charge on any atom is 0.246 e. The first-order chi connectivity index (χ1) is 9.43. The lowest BCUT2D eigenvalue weighted by atomic mass is 10.2. The zero-order valence-electron chi connectivity index (χ0n) is 11.9. The van der Waals surface area contributed by atoms with Gasteiger partial charge in [-0.1, -0.05) is 0 Å². The third-order valence-electron chi connectivity index (χ3n) is 2.95. The Kier molecular flexibility index (Phi) is 4.15. The van der Waals surface area contributed by atoms with Gasteiger partial charge < -0.3 is 25.3 Å². The smallest absolute Gasteiger partial charge is 0.246 e. The molecule has 1 unspecified atom stereocenters. The van der Waals surface area contributed by atoms with Crippen LogP contribution in [0.4, 0.5) is 5.69 Å². The third-order valence-corrected chi connectivity index (χ3v) is 2.95. The molecule has 3 N–H and O–H groups in total. The number of carbonyl (C=O) groups is 1. The lowest BCUT2D eigenvalue weighted by Crippen LogP contribution is -2.29. The first-order valence-corrected chi connectivity index (χ1v) is 6.48. The average molecular weight is 280 g/mol. The monoisotopic (exact) mass is 280 g/mol. The number of methoxy groups -OCH3 is 1. The number of amides is 1. The predicted molar refractivity (Wildman–Crippen MR) is 74.9 cm³/mol. The molecule has 0 spiro atoms. The van der Waals surface area contributed by atoms with E-state index in [4.69, 9.17) is 19.9 Å². The van der Waals surface area contributed by atoms with Crippen LogP contribution < -0.4 is 20.5 Å². The minimum atomic E-state index is -0.675. The van der Waals surface area contributed by atoms with Gasteiger partial charge in [-0.05, 0) is 12.1 Å². The molecule has 20 heavy (non-hydrogen) atoms. The van der Waals surface area contributed by atoms with Crippen LogP contribution in [0.3, 0.4) is 0 Å². The molecule has 0 aromatic heterocycles. The summed E-state index contributed by atoms with van der Waals surface area (Å²) in [5, 5.41) is 2.79. The molecule has 0 saturated carbocycles. The summed E-state index contributed by atoms with van der Waals surface area (Å²) in [6.45, 7) is 3.96. The van der Waals surface area contributed by atoms with E-state index >= 15 is 0 Å². The lowest BCUT2D eigenvalue weighted by molar-refractivity contribution is -0.118. The van der Waals surface area contributed by atoms with E-state index < -0.39 is 5.79 Å². The van der Waals surface area contributed by atoms with Crippen LogP contribution in [0.5, 0.6) is 11.5 Å². The van der Waals surface area contributed by atoms with Crippen molar-refractivity contribution in [1.29, 1.82) is 0 Å². The summed E-state index contributed by atoms with van der Waals surface area (Å²) in [5.41, 5.74) is 6.14. The Balaban J connectivity index is 2.00. The summed E-state index contributed by atoms with van der Waals surface area (Å²) in [6.07, 6.45) is -0.0598. The molecule has 0 aliphatic carbocycles. The maximum atomic E-state index is 11.8. The van der Waals surface area contributed by atoms with Gasteiger partial charge in [0.05, 0.1) is 12.5 Å². The zero-order chi connectivity index (χ0) is 14.8. The van der Waals surface area contributed by atoms with E-state index in [0.717, 1.165) is 0 Å². The van der Waals surface area contributed by atoms with Crippen molar-refractivity contribution in [2.24, 2.45) is 5.73 Å². The molecule has 0 fully saturated rings. The molecule has 1 aromatic rings. The molecule has 6 nitrogen and oxygen atoms in total. The van der Waals surface area contributed by atoms with Gasteiger partial charge in [0, 0.05) is 39.3 Å². The van der Waals surface area contributed by atoms with Gasteiger partial charge in [0.15, 0.2) is 11.5 Å². The highest BCUT2D eigenvalue weighted by Crippen LogP contribution is 2.40. The number of hydrogen-bond donors (Lipinski definition) is 2. The highest BCUT2D eigenvalue weighted by Gasteiger charge is 2.31. The van der Waals surface area contributed by atoms with Crippen LogP contribution in [-0.4, -0.2) is 31.5 Å². The Morgan fingerprint density at radius 2 is 2.10 bits per heavy atom. The van der Waals surface area contributed by atoms with Crippen LogP contribution >= 0.6 is 0 Å². The normalized spacial score (nSPS) is 16.8. The first-order valence-electron chi connectivity index (χ1n) is 6.48. The molecule has 1 aliphatic heterocycles. The number of nitrogens with one attached hydrogen (secondary N) is 1. The number of ether oxygens (including phenoxy) is 3. The van der Waals surface area contributed by atoms with Gasteiger partial charge in [0.1, 0.15) is 0 Å². The molecule has 2 rings (SSSR count). The average Bonchev–Trinajstić information content (AvgIpc) is 2.69. The molecular formula is C14H20N2O4. The van der Waals surface area contributed by atoms with Gasteiger partial charge in [-0.25, -0.2) is 0 Å². The number of benzene rings is 1. The van der Waals surface area contributed by atoms with Crippen molar-refractivity contribution in [3.63, 3.8) is 0 Å². The number of rotatable bonds is 5. The first kappa shape index (κ1) is 14.6. The van der Waals surface area contributed by atoms with Gasteiger partial charge in [-0.2, -0.15) is 0 Å². The van der Waals surface area contributed by atoms with E-state index in [1.807, 2.05) is 13.8 Å². The fourth-order valence-corrected chi connectivity index (χ4v) is 1.98. The number of nitrogens with two attached hydrogens (primary N) is 1.